The van der Waals surface area contributed by atoms with E-state index >= 15 is 0 Å². The predicted octanol–water partition coefficient (Wildman–Crippen LogP) is 1.86. The Hall–Kier alpha value is -1.56. The number of methoxy groups -OCH3 is 1. The van der Waals surface area contributed by atoms with E-state index in [0.29, 0.717) is 19.7 Å². The van der Waals surface area contributed by atoms with E-state index < -0.39 is 5.60 Å². The molecule has 5 heteroatoms. The largest absolute Gasteiger partial charge is 0.497 e. The van der Waals surface area contributed by atoms with Crippen LogP contribution < -0.4 is 9.47 Å². The molecule has 2 aliphatic heterocycles. The first kappa shape index (κ1) is 17.3. The van der Waals surface area contributed by atoms with Gasteiger partial charge in [-0.25, -0.2) is 0 Å². The second-order valence-corrected chi connectivity index (χ2v) is 7.27. The second kappa shape index (κ2) is 7.13. The third-order valence-electron chi connectivity index (χ3n) is 4.66. The van der Waals surface area contributed by atoms with Gasteiger partial charge in [0, 0.05) is 25.2 Å². The van der Waals surface area contributed by atoms with Gasteiger partial charge in [-0.2, -0.15) is 0 Å². The van der Waals surface area contributed by atoms with Crippen LogP contribution in [0.4, 0.5) is 0 Å². The zero-order valence-corrected chi connectivity index (χ0v) is 14.9. The molecule has 0 spiro atoms. The smallest absolute Gasteiger partial charge is 0.127 e. The Labute approximate surface area is 144 Å². The molecule has 1 N–H and O–H groups in total. The lowest BCUT2D eigenvalue weighted by Gasteiger charge is -2.41. The number of nitrogens with zero attached hydrogens (tertiary/aromatic N) is 2. The molecule has 0 bridgehead atoms. The van der Waals surface area contributed by atoms with Crippen molar-refractivity contribution >= 4 is 6.08 Å². The highest BCUT2D eigenvalue weighted by Gasteiger charge is 2.34. The van der Waals surface area contributed by atoms with Gasteiger partial charge in [-0.05, 0) is 63.3 Å². The van der Waals surface area contributed by atoms with Crippen LogP contribution in [0.2, 0.25) is 0 Å². The lowest BCUT2D eigenvalue weighted by atomic mass is 9.92. The normalized spacial score (nSPS) is 24.3. The van der Waals surface area contributed by atoms with Gasteiger partial charge >= 0.3 is 0 Å². The molecule has 0 aliphatic carbocycles. The van der Waals surface area contributed by atoms with Crippen molar-refractivity contribution in [3.05, 3.63) is 29.3 Å². The van der Waals surface area contributed by atoms with Crippen molar-refractivity contribution in [2.75, 3.05) is 54.0 Å². The Kier molecular flexibility index (Phi) is 5.13. The molecule has 2 heterocycles. The second-order valence-electron chi connectivity index (χ2n) is 7.27. The highest BCUT2D eigenvalue weighted by Crippen LogP contribution is 2.31. The fraction of sp³-hybridized carbons (Fsp3) is 0.579. The SMILES string of the molecule is COc1ccc2c(c1)C=C(CN1CCC[C@@](O)(CN(C)C)C1)CO2. The zero-order valence-electron chi connectivity index (χ0n) is 14.9. The number of fused-ring (bicyclic) bond motifs is 1. The van der Waals surface area contributed by atoms with Gasteiger partial charge in [0.15, 0.2) is 0 Å². The van der Waals surface area contributed by atoms with Gasteiger partial charge in [-0.3, -0.25) is 4.90 Å². The third-order valence-corrected chi connectivity index (χ3v) is 4.66. The summed E-state index contributed by atoms with van der Waals surface area (Å²) in [5.41, 5.74) is 1.69. The molecule has 3 rings (SSSR count). The predicted molar refractivity (Wildman–Crippen MR) is 95.6 cm³/mol. The fourth-order valence-corrected chi connectivity index (χ4v) is 3.77. The van der Waals surface area contributed by atoms with Gasteiger partial charge in [0.2, 0.25) is 0 Å². The topological polar surface area (TPSA) is 45.2 Å². The molecule has 0 unspecified atom stereocenters. The van der Waals surface area contributed by atoms with Crippen molar-refractivity contribution in [2.45, 2.75) is 18.4 Å². The highest BCUT2D eigenvalue weighted by molar-refractivity contribution is 5.64. The summed E-state index contributed by atoms with van der Waals surface area (Å²) in [7, 11) is 5.70. The van der Waals surface area contributed by atoms with Crippen molar-refractivity contribution in [1.82, 2.24) is 9.80 Å². The zero-order chi connectivity index (χ0) is 17.2. The van der Waals surface area contributed by atoms with Gasteiger partial charge in [0.05, 0.1) is 12.7 Å². The summed E-state index contributed by atoms with van der Waals surface area (Å²) in [6.07, 6.45) is 4.10. The van der Waals surface area contributed by atoms with E-state index in [-0.39, 0.29) is 0 Å². The van der Waals surface area contributed by atoms with Crippen molar-refractivity contribution in [2.24, 2.45) is 0 Å². The Bertz CT molecular complexity index is 615. The van der Waals surface area contributed by atoms with Crippen molar-refractivity contribution < 1.29 is 14.6 Å². The van der Waals surface area contributed by atoms with Crippen LogP contribution in [0, 0.1) is 0 Å². The molecule has 1 fully saturated rings. The number of aliphatic hydroxyl groups is 1. The van der Waals surface area contributed by atoms with Crippen LogP contribution in [-0.2, 0) is 0 Å². The van der Waals surface area contributed by atoms with Gasteiger partial charge in [-0.1, -0.05) is 0 Å². The summed E-state index contributed by atoms with van der Waals surface area (Å²) in [6.45, 7) is 3.90. The quantitative estimate of drug-likeness (QED) is 0.892. The molecule has 0 radical (unpaired) electrons. The van der Waals surface area contributed by atoms with Crippen LogP contribution in [0.15, 0.2) is 23.8 Å². The molecule has 132 valence electrons. The van der Waals surface area contributed by atoms with Crippen molar-refractivity contribution in [3.8, 4) is 11.5 Å². The number of likely N-dealkylation sites (tertiary alicyclic amines) is 1. The standard InChI is InChI=1S/C19H28N2O3/c1-20(2)13-19(22)7-4-8-21(14-19)11-15-9-16-10-17(23-3)5-6-18(16)24-12-15/h5-6,9-10,22H,4,7-8,11-14H2,1-3H3/t19-/m1/s1. The van der Waals surface area contributed by atoms with E-state index in [1.807, 2.05) is 32.3 Å². The van der Waals surface area contributed by atoms with Crippen LogP contribution in [0.5, 0.6) is 11.5 Å². The summed E-state index contributed by atoms with van der Waals surface area (Å²) in [4.78, 5) is 4.41. The minimum atomic E-state index is -0.612. The Morgan fingerprint density at radius 2 is 2.21 bits per heavy atom. The van der Waals surface area contributed by atoms with Crippen LogP contribution in [0.3, 0.4) is 0 Å². The molecule has 2 aliphatic rings. The summed E-state index contributed by atoms with van der Waals surface area (Å²) in [5.74, 6) is 1.75. The van der Waals surface area contributed by atoms with Crippen molar-refractivity contribution in [1.29, 1.82) is 0 Å². The molecule has 0 aromatic heterocycles. The number of likely N-dealkylation sites (N-methyl/N-ethyl adjacent to an activating group) is 1. The monoisotopic (exact) mass is 332 g/mol. The maximum atomic E-state index is 10.8. The van der Waals surface area contributed by atoms with Gasteiger partial charge in [-0.15, -0.1) is 0 Å². The number of hydrogen-bond acceptors (Lipinski definition) is 5. The number of β-amino-alcohol motifs (C(OH)–C–C–N with tert-alkyl or cyclic N) is 1. The third kappa shape index (κ3) is 4.09. The van der Waals surface area contributed by atoms with Crippen LogP contribution in [-0.4, -0.2) is 74.5 Å². The number of benzene rings is 1. The fourth-order valence-electron chi connectivity index (χ4n) is 3.77. The summed E-state index contributed by atoms with van der Waals surface area (Å²) >= 11 is 0. The van der Waals surface area contributed by atoms with E-state index in [0.717, 1.165) is 43.0 Å². The molecule has 24 heavy (non-hydrogen) atoms. The molecule has 1 saturated heterocycles. The Morgan fingerprint density at radius 3 is 2.96 bits per heavy atom. The number of rotatable bonds is 5. The molecule has 5 nitrogen and oxygen atoms in total. The first-order valence-corrected chi connectivity index (χ1v) is 8.57. The Balaban J connectivity index is 1.68. The first-order chi connectivity index (χ1) is 11.5. The average molecular weight is 332 g/mol. The van der Waals surface area contributed by atoms with Gasteiger partial charge in [0.25, 0.3) is 0 Å². The number of ether oxygens (including phenoxy) is 2. The maximum Gasteiger partial charge on any atom is 0.127 e. The molecule has 1 aromatic carbocycles. The molecular weight excluding hydrogens is 304 g/mol. The van der Waals surface area contributed by atoms with E-state index in [9.17, 15) is 5.11 Å². The molecular formula is C19H28N2O3. The summed E-state index contributed by atoms with van der Waals surface area (Å²) in [6, 6.07) is 5.88. The summed E-state index contributed by atoms with van der Waals surface area (Å²) in [5, 5.41) is 10.8. The maximum absolute atomic E-state index is 10.8. The average Bonchev–Trinajstić information content (AvgIpc) is 2.53. The van der Waals surface area contributed by atoms with E-state index in [1.54, 1.807) is 7.11 Å². The summed E-state index contributed by atoms with van der Waals surface area (Å²) < 4.78 is 11.2. The minimum Gasteiger partial charge on any atom is -0.497 e. The van der Waals surface area contributed by atoms with Crippen LogP contribution in [0.25, 0.3) is 6.08 Å². The molecule has 0 saturated carbocycles. The van der Waals surface area contributed by atoms with Crippen LogP contribution in [0.1, 0.15) is 18.4 Å². The van der Waals surface area contributed by atoms with Crippen LogP contribution >= 0.6 is 0 Å². The van der Waals surface area contributed by atoms with Crippen molar-refractivity contribution in [3.63, 3.8) is 0 Å². The van der Waals surface area contributed by atoms with E-state index in [1.165, 1.54) is 5.57 Å². The Morgan fingerprint density at radius 1 is 1.38 bits per heavy atom. The lowest BCUT2D eigenvalue weighted by molar-refractivity contribution is -0.0437. The van der Waals surface area contributed by atoms with E-state index in [4.69, 9.17) is 9.47 Å². The molecule has 1 atom stereocenters. The minimum absolute atomic E-state index is 0.612. The van der Waals surface area contributed by atoms with E-state index in [2.05, 4.69) is 15.9 Å². The van der Waals surface area contributed by atoms with Gasteiger partial charge in [0.1, 0.15) is 18.1 Å². The lowest BCUT2D eigenvalue weighted by Crippen LogP contribution is -2.53. The first-order valence-electron chi connectivity index (χ1n) is 8.57. The molecule has 0 amide bonds. The van der Waals surface area contributed by atoms with Gasteiger partial charge < -0.3 is 19.5 Å². The number of piperidine rings is 1. The molecule has 1 aromatic rings. The highest BCUT2D eigenvalue weighted by atomic mass is 16.5. The number of hydrogen-bond donors (Lipinski definition) is 1.